The topological polar surface area (TPSA) is 36.3 Å². The smallest absolute Gasteiger partial charge is 0.126 e. The van der Waals surface area contributed by atoms with Crippen molar-refractivity contribution >= 4 is 30.7 Å². The summed E-state index contributed by atoms with van der Waals surface area (Å²) in [5, 5.41) is 0. The van der Waals surface area contributed by atoms with Crippen LogP contribution >= 0.6 is 11.6 Å². The van der Waals surface area contributed by atoms with Crippen molar-refractivity contribution in [3.63, 3.8) is 0 Å². The molecule has 0 unspecified atom stereocenters. The van der Waals surface area contributed by atoms with Crippen LogP contribution in [-0.4, -0.2) is 31.3 Å². The highest BCUT2D eigenvalue weighted by molar-refractivity contribution is 6.76. The molecule has 0 aliphatic rings. The Balaban J connectivity index is 2.16. The van der Waals surface area contributed by atoms with Gasteiger partial charge in [0.2, 0.25) is 0 Å². The molecule has 0 amide bonds. The van der Waals surface area contributed by atoms with Gasteiger partial charge in [0.1, 0.15) is 18.3 Å². The molecule has 2 rings (SSSR count). The van der Waals surface area contributed by atoms with Gasteiger partial charge in [-0.2, -0.15) is 0 Å². The minimum Gasteiger partial charge on any atom is -0.497 e. The first-order valence-electron chi connectivity index (χ1n) is 7.11. The summed E-state index contributed by atoms with van der Waals surface area (Å²) in [5.74, 6) is 2.01. The van der Waals surface area contributed by atoms with Crippen molar-refractivity contribution < 1.29 is 9.47 Å². The van der Waals surface area contributed by atoms with Crippen LogP contribution in [0.25, 0.3) is 11.0 Å². The van der Waals surface area contributed by atoms with Crippen LogP contribution in [-0.2, 0) is 17.3 Å². The summed E-state index contributed by atoms with van der Waals surface area (Å²) in [6.07, 6.45) is 0. The summed E-state index contributed by atoms with van der Waals surface area (Å²) in [7, 11) is 0.596. The van der Waals surface area contributed by atoms with E-state index in [0.717, 1.165) is 35.3 Å². The number of ether oxygens (including phenoxy) is 2. The minimum atomic E-state index is -1.07. The lowest BCUT2D eigenvalue weighted by atomic mass is 10.3. The number of fused-ring (bicyclic) bond motifs is 1. The standard InChI is InChI=1S/C15H23ClN2O2Si/c1-19-12-5-6-13-14(9-12)18(15(10-16)17-13)11-20-7-8-21(2,3)4/h5-6,9H,7-8,10-11H2,1-4H3. The van der Waals surface area contributed by atoms with Crippen LogP contribution in [0, 0.1) is 0 Å². The molecule has 0 aliphatic carbocycles. The number of alkyl halides is 1. The molecule has 116 valence electrons. The highest BCUT2D eigenvalue weighted by Gasteiger charge is 2.14. The highest BCUT2D eigenvalue weighted by Crippen LogP contribution is 2.23. The normalized spacial score (nSPS) is 12.0. The molecule has 0 spiro atoms. The highest BCUT2D eigenvalue weighted by atomic mass is 35.5. The first-order valence-corrected chi connectivity index (χ1v) is 11.4. The largest absolute Gasteiger partial charge is 0.497 e. The second kappa shape index (κ2) is 6.81. The molecule has 1 aromatic heterocycles. The molecule has 6 heteroatoms. The van der Waals surface area contributed by atoms with Gasteiger partial charge < -0.3 is 14.0 Å². The zero-order valence-electron chi connectivity index (χ0n) is 13.1. The van der Waals surface area contributed by atoms with Crippen molar-refractivity contribution in [2.24, 2.45) is 0 Å². The van der Waals surface area contributed by atoms with Gasteiger partial charge in [-0.15, -0.1) is 11.6 Å². The van der Waals surface area contributed by atoms with Crippen molar-refractivity contribution in [2.45, 2.75) is 38.3 Å². The van der Waals surface area contributed by atoms with E-state index >= 15 is 0 Å². The predicted molar refractivity (Wildman–Crippen MR) is 89.9 cm³/mol. The van der Waals surface area contributed by atoms with Crippen LogP contribution in [0.15, 0.2) is 18.2 Å². The Morgan fingerprint density at radius 1 is 1.29 bits per heavy atom. The summed E-state index contributed by atoms with van der Waals surface area (Å²) in [6, 6.07) is 6.98. The van der Waals surface area contributed by atoms with E-state index in [1.165, 1.54) is 0 Å². The van der Waals surface area contributed by atoms with E-state index in [0.29, 0.717) is 12.6 Å². The second-order valence-corrected chi connectivity index (χ2v) is 12.2. The summed E-state index contributed by atoms with van der Waals surface area (Å²) in [5.41, 5.74) is 1.92. The number of imidazole rings is 1. The Kier molecular flexibility index (Phi) is 5.30. The molecular weight excluding hydrogens is 304 g/mol. The van der Waals surface area contributed by atoms with E-state index in [-0.39, 0.29) is 0 Å². The van der Waals surface area contributed by atoms with E-state index in [1.54, 1.807) is 7.11 Å². The Morgan fingerprint density at radius 3 is 2.67 bits per heavy atom. The Morgan fingerprint density at radius 2 is 2.05 bits per heavy atom. The fraction of sp³-hybridized carbons (Fsp3) is 0.533. The number of benzene rings is 1. The van der Waals surface area contributed by atoms with Gasteiger partial charge >= 0.3 is 0 Å². The quantitative estimate of drug-likeness (QED) is 0.436. The molecule has 4 nitrogen and oxygen atoms in total. The number of halogens is 1. The lowest BCUT2D eigenvalue weighted by molar-refractivity contribution is 0.0883. The maximum atomic E-state index is 6.00. The van der Waals surface area contributed by atoms with E-state index in [1.807, 2.05) is 22.8 Å². The first-order chi connectivity index (χ1) is 9.94. The number of hydrogen-bond acceptors (Lipinski definition) is 3. The molecule has 0 N–H and O–H groups in total. The van der Waals surface area contributed by atoms with Gasteiger partial charge in [0, 0.05) is 20.7 Å². The van der Waals surface area contributed by atoms with Gasteiger partial charge in [0.05, 0.1) is 24.0 Å². The molecule has 0 fully saturated rings. The fourth-order valence-electron chi connectivity index (χ4n) is 2.06. The van der Waals surface area contributed by atoms with Gasteiger partial charge in [-0.05, 0) is 18.2 Å². The van der Waals surface area contributed by atoms with Gasteiger partial charge in [-0.1, -0.05) is 19.6 Å². The van der Waals surface area contributed by atoms with Crippen molar-refractivity contribution in [1.29, 1.82) is 0 Å². The van der Waals surface area contributed by atoms with Crippen LogP contribution in [0.5, 0.6) is 5.75 Å². The Hall–Kier alpha value is -1.04. The average Bonchev–Trinajstić information content (AvgIpc) is 2.79. The van der Waals surface area contributed by atoms with Crippen LogP contribution < -0.4 is 4.74 Å². The first kappa shape index (κ1) is 16.3. The number of methoxy groups -OCH3 is 1. The van der Waals surface area contributed by atoms with E-state index in [4.69, 9.17) is 21.1 Å². The maximum Gasteiger partial charge on any atom is 0.126 e. The number of nitrogens with zero attached hydrogens (tertiary/aromatic N) is 2. The lowest BCUT2D eigenvalue weighted by Gasteiger charge is -2.16. The lowest BCUT2D eigenvalue weighted by Crippen LogP contribution is -2.22. The second-order valence-electron chi connectivity index (χ2n) is 6.29. The maximum absolute atomic E-state index is 6.00. The molecule has 0 aliphatic heterocycles. The van der Waals surface area contributed by atoms with Crippen LogP contribution in [0.4, 0.5) is 0 Å². The third-order valence-corrected chi connectivity index (χ3v) is 5.31. The van der Waals surface area contributed by atoms with E-state index < -0.39 is 8.07 Å². The molecule has 1 heterocycles. The zero-order valence-corrected chi connectivity index (χ0v) is 14.9. The zero-order chi connectivity index (χ0) is 15.5. The third-order valence-electron chi connectivity index (χ3n) is 3.37. The van der Waals surface area contributed by atoms with Crippen molar-refractivity contribution in [3.05, 3.63) is 24.0 Å². The van der Waals surface area contributed by atoms with Crippen LogP contribution in [0.3, 0.4) is 0 Å². The predicted octanol–water partition coefficient (Wildman–Crippen LogP) is 4.10. The van der Waals surface area contributed by atoms with Crippen molar-refractivity contribution in [2.75, 3.05) is 13.7 Å². The average molecular weight is 327 g/mol. The summed E-state index contributed by atoms with van der Waals surface area (Å²) in [6.45, 7) is 8.30. The van der Waals surface area contributed by atoms with Crippen molar-refractivity contribution in [1.82, 2.24) is 9.55 Å². The van der Waals surface area contributed by atoms with Gasteiger partial charge in [0.15, 0.2) is 0 Å². The molecule has 0 bridgehead atoms. The molecule has 1 aromatic carbocycles. The van der Waals surface area contributed by atoms with Crippen molar-refractivity contribution in [3.8, 4) is 5.75 Å². The van der Waals surface area contributed by atoms with Gasteiger partial charge in [0.25, 0.3) is 0 Å². The van der Waals surface area contributed by atoms with Gasteiger partial charge in [-0.3, -0.25) is 0 Å². The monoisotopic (exact) mass is 326 g/mol. The fourth-order valence-corrected chi connectivity index (χ4v) is 3.02. The SMILES string of the molecule is COc1ccc2nc(CCl)n(COCC[Si](C)(C)C)c2c1. The molecule has 2 aromatic rings. The summed E-state index contributed by atoms with van der Waals surface area (Å²) in [4.78, 5) is 4.54. The molecule has 21 heavy (non-hydrogen) atoms. The van der Waals surface area contributed by atoms with Gasteiger partial charge in [-0.25, -0.2) is 4.98 Å². The molecule has 0 saturated carbocycles. The summed E-state index contributed by atoms with van der Waals surface area (Å²) < 4.78 is 13.1. The number of aromatic nitrogens is 2. The molecule has 0 radical (unpaired) electrons. The van der Waals surface area contributed by atoms with Crippen LogP contribution in [0.1, 0.15) is 5.82 Å². The summed E-state index contributed by atoms with van der Waals surface area (Å²) >= 11 is 6.00. The molecule has 0 atom stereocenters. The molecule has 0 saturated heterocycles. The minimum absolute atomic E-state index is 0.369. The van der Waals surface area contributed by atoms with Crippen LogP contribution in [0.2, 0.25) is 25.7 Å². The number of hydrogen-bond donors (Lipinski definition) is 0. The van der Waals surface area contributed by atoms with E-state index in [9.17, 15) is 0 Å². The van der Waals surface area contributed by atoms with E-state index in [2.05, 4.69) is 24.6 Å². The molecular formula is C15H23ClN2O2Si. The number of rotatable bonds is 7. The Bertz CT molecular complexity index is 607. The Labute approximate surface area is 132 Å². The third kappa shape index (κ3) is 4.22.